The van der Waals surface area contributed by atoms with E-state index in [0.717, 1.165) is 88.2 Å². The van der Waals surface area contributed by atoms with E-state index in [1.807, 2.05) is 27.7 Å². The third kappa shape index (κ3) is 16.1. The zero-order valence-electron chi connectivity index (χ0n) is 69.5. The van der Waals surface area contributed by atoms with Crippen LogP contribution in [0.15, 0.2) is 23.3 Å². The van der Waals surface area contributed by atoms with Gasteiger partial charge in [0.1, 0.15) is 49.8 Å². The van der Waals surface area contributed by atoms with Gasteiger partial charge in [-0.1, -0.05) is 27.7 Å². The van der Waals surface area contributed by atoms with E-state index in [2.05, 4.69) is 13.8 Å². The van der Waals surface area contributed by atoms with E-state index in [-0.39, 0.29) is 122 Å². The molecule has 16 rings (SSSR count). The molecule has 0 bridgehead atoms. The predicted octanol–water partition coefficient (Wildman–Crippen LogP) is 5.58. The highest BCUT2D eigenvalue weighted by atomic mass is 16.8. The van der Waals surface area contributed by atoms with Gasteiger partial charge in [0.25, 0.3) is 0 Å². The standard InChI is InChI=1S/2C43H66O15/c1-20-38(55-23(4)44)30(45)17-36(53-20)57-40-22(3)54-37(18-32(40)47)58-39-21(2)52-35(16-31(39)46)56-26-9-11-41(5)25(14-26)7-8-28-29(41)15-33(48)42(6)27(10-12-43(28,42)50)24-13-34(49)51-19-24;1-20-38(49)32(55-23(4)44)18-37(52-20)58-40-22(3)54-36(17-31(40)46)57-39-21(2)53-35(16-30(39)45)56-26-9-11-41(5)25(14-26)7-8-28-29(41)15-33(47)42(6)27(10-12-43(28,42)50)24-13-34(48)51-19-24/h13,20-22,25-33,35-40,45-48,50H,7-12,14-19H2,1-6H3;13,20-22,25-33,35-40,45-47,49-50H,7-12,14-19H2,1-6H3/t20-,21-,22-,25-,26+,27-,28-,29+,30+,31+,32+,33-,35+,36-,37+,38-,39-,40-,41+,42+,43+;20-,21-,22-,25-,26+,27-,28-,29+,30+,31+,32+,33-,35+,36+,37-,38-,39-,40-,41+,42+,43+/m11/s1. The van der Waals surface area contributed by atoms with Crippen molar-refractivity contribution in [3.05, 3.63) is 23.3 Å². The van der Waals surface area contributed by atoms with Crippen molar-refractivity contribution in [2.45, 2.75) is 408 Å². The van der Waals surface area contributed by atoms with Gasteiger partial charge in [0.2, 0.25) is 0 Å². The monoisotopic (exact) mass is 1640 g/mol. The van der Waals surface area contributed by atoms with Crippen molar-refractivity contribution in [1.29, 1.82) is 0 Å². The summed E-state index contributed by atoms with van der Waals surface area (Å²) in [5.41, 5.74) is -1.83. The van der Waals surface area contributed by atoms with Gasteiger partial charge in [0.05, 0.1) is 103 Å². The first-order valence-electron chi connectivity index (χ1n) is 43.7. The maximum Gasteiger partial charge on any atom is 0.331 e. The summed E-state index contributed by atoms with van der Waals surface area (Å²) >= 11 is 0. The molecule has 8 heterocycles. The van der Waals surface area contributed by atoms with E-state index < -0.39 is 194 Å². The molecular formula is C86H132O30. The molecule has 8 saturated carbocycles. The second-order valence-corrected chi connectivity index (χ2v) is 38.8. The highest BCUT2D eigenvalue weighted by Crippen LogP contribution is 2.72. The van der Waals surface area contributed by atoms with E-state index >= 15 is 0 Å². The summed E-state index contributed by atoms with van der Waals surface area (Å²) < 4.78 is 95.3. The predicted molar refractivity (Wildman–Crippen MR) is 404 cm³/mol. The van der Waals surface area contributed by atoms with Crippen molar-refractivity contribution in [3.63, 3.8) is 0 Å². The summed E-state index contributed by atoms with van der Waals surface area (Å²) in [6.45, 7) is 22.3. The summed E-state index contributed by atoms with van der Waals surface area (Å²) in [4.78, 5) is 46.9. The van der Waals surface area contributed by atoms with Crippen LogP contribution < -0.4 is 0 Å². The van der Waals surface area contributed by atoms with E-state index in [9.17, 15) is 70.2 Å². The number of fused-ring (bicyclic) bond motifs is 10. The number of carbonyl (C=O) groups excluding carboxylic acids is 4. The lowest BCUT2D eigenvalue weighted by atomic mass is 9.42. The quantitative estimate of drug-likeness (QED) is 0.0512. The Bertz CT molecular complexity index is 3510. The van der Waals surface area contributed by atoms with Crippen molar-refractivity contribution in [2.24, 2.45) is 69.0 Å². The summed E-state index contributed by atoms with van der Waals surface area (Å²) in [6.07, 6.45) is -3.29. The first-order valence-corrected chi connectivity index (χ1v) is 43.7. The molecule has 656 valence electrons. The van der Waals surface area contributed by atoms with Crippen molar-refractivity contribution in [2.75, 3.05) is 13.2 Å². The molecular weight excluding hydrogens is 1510 g/mol. The van der Waals surface area contributed by atoms with E-state index in [0.29, 0.717) is 37.5 Å². The fourth-order valence-corrected chi connectivity index (χ4v) is 26.2. The Labute approximate surface area is 680 Å². The number of hydrogen-bond donors (Lipinski definition) is 10. The molecule has 0 radical (unpaired) electrons. The molecule has 10 N–H and O–H groups in total. The summed E-state index contributed by atoms with van der Waals surface area (Å²) in [6, 6.07) is 0. The molecule has 14 fully saturated rings. The fourth-order valence-electron chi connectivity index (χ4n) is 26.2. The SMILES string of the molecule is CC(=O)O[C@H]1C[C@@H](O[C@H]2[C@@H](O)C[C@H](O[C@H]3[C@@H](O)C[C@H](O[C@H]4CC[C@@]5(C)[C@H](CC[C@@H]6[C@@H]5C[C@@H](O)[C@]5(C)[C@@H](C7=CC(=O)OC7)CC[C@]65O)C4)O[C@@H]3C)O[C@@H]2C)O[C@H](C)[C@H]1O.CC(=O)O[C@H]1[C@@H](O)C[C@@H](O[C@H]2[C@@H](O)C[C@H](O[C@H]3[C@@H](O)C[C@H](O[C@H]4CC[C@@]5(C)[C@H](CC[C@@H]6[C@@H]5C[C@@H](O)[C@]5(C)[C@@H](C7=CC(=O)OC7)CC[C@]65O)C4)O[C@@H]3C)O[C@@H]2C)O[C@@H]1C. The normalized spacial score (nSPS) is 53.2. The second kappa shape index (κ2) is 33.9. The van der Waals surface area contributed by atoms with Crippen molar-refractivity contribution < 1.29 is 146 Å². The zero-order valence-corrected chi connectivity index (χ0v) is 69.5. The average Bonchev–Trinajstić information content (AvgIpc) is 1.47. The van der Waals surface area contributed by atoms with Gasteiger partial charge in [-0.15, -0.1) is 0 Å². The molecule has 0 aromatic carbocycles. The lowest BCUT2D eigenvalue weighted by Crippen LogP contribution is -2.67. The smallest absolute Gasteiger partial charge is 0.331 e. The molecule has 16 aliphatic rings. The molecule has 30 nitrogen and oxygen atoms in total. The van der Waals surface area contributed by atoms with Gasteiger partial charge in [0, 0.05) is 75.4 Å². The number of hydrogen-bond acceptors (Lipinski definition) is 30. The first-order chi connectivity index (χ1) is 54.8. The summed E-state index contributed by atoms with van der Waals surface area (Å²) in [7, 11) is 0. The largest absolute Gasteiger partial charge is 0.459 e. The molecule has 8 aliphatic carbocycles. The van der Waals surface area contributed by atoms with E-state index in [4.69, 9.17) is 75.8 Å². The lowest BCUT2D eigenvalue weighted by Gasteiger charge is -2.65. The van der Waals surface area contributed by atoms with Gasteiger partial charge < -0.3 is 127 Å². The Morgan fingerprint density at radius 1 is 0.379 bits per heavy atom. The van der Waals surface area contributed by atoms with Crippen LogP contribution in [0, 0.1) is 69.0 Å². The first kappa shape index (κ1) is 87.4. The number of esters is 4. The Hall–Kier alpha value is -3.52. The van der Waals surface area contributed by atoms with Crippen LogP contribution in [0.1, 0.15) is 224 Å². The molecule has 30 heteroatoms. The number of aliphatic hydroxyl groups excluding tert-OH is 8. The summed E-state index contributed by atoms with van der Waals surface area (Å²) in [5, 5.41) is 115. The van der Waals surface area contributed by atoms with Crippen molar-refractivity contribution >= 4 is 23.9 Å². The highest BCUT2D eigenvalue weighted by molar-refractivity contribution is 5.86. The lowest BCUT2D eigenvalue weighted by molar-refractivity contribution is -0.336. The van der Waals surface area contributed by atoms with Crippen LogP contribution in [-0.2, 0) is 95.0 Å². The van der Waals surface area contributed by atoms with Gasteiger partial charge in [0.15, 0.2) is 43.8 Å². The number of carbonyl (C=O) groups is 4. The fraction of sp³-hybridized carbons (Fsp3) is 0.907. The minimum atomic E-state index is -1.02. The van der Waals surface area contributed by atoms with Gasteiger partial charge in [-0.3, -0.25) is 9.59 Å². The number of rotatable bonds is 16. The number of ether oxygens (including phenoxy) is 16. The molecule has 8 aliphatic heterocycles. The van der Waals surface area contributed by atoms with Crippen LogP contribution >= 0.6 is 0 Å². The molecule has 116 heavy (non-hydrogen) atoms. The van der Waals surface area contributed by atoms with E-state index in [1.165, 1.54) is 13.8 Å². The average molecular weight is 1650 g/mol. The van der Waals surface area contributed by atoms with Crippen molar-refractivity contribution in [1.82, 2.24) is 0 Å². The zero-order chi connectivity index (χ0) is 82.9. The van der Waals surface area contributed by atoms with Crippen LogP contribution in [0.25, 0.3) is 0 Å². The maximum absolute atomic E-state index is 12.6. The third-order valence-electron chi connectivity index (χ3n) is 32.5. The van der Waals surface area contributed by atoms with Crippen LogP contribution in [0.4, 0.5) is 0 Å². The molecule has 42 atom stereocenters. The number of aliphatic hydroxyl groups is 10. The van der Waals surface area contributed by atoms with Gasteiger partial charge in [-0.25, -0.2) is 9.59 Å². The second-order valence-electron chi connectivity index (χ2n) is 38.8. The van der Waals surface area contributed by atoms with Crippen molar-refractivity contribution in [3.8, 4) is 0 Å². The Balaban J connectivity index is 0.000000182. The van der Waals surface area contributed by atoms with E-state index in [1.54, 1.807) is 39.8 Å². The highest BCUT2D eigenvalue weighted by Gasteiger charge is 2.73. The Morgan fingerprint density at radius 3 is 1.03 bits per heavy atom. The van der Waals surface area contributed by atoms with Crippen LogP contribution in [0.2, 0.25) is 0 Å². The Kier molecular flexibility index (Phi) is 25.5. The van der Waals surface area contributed by atoms with Crippen LogP contribution in [0.3, 0.4) is 0 Å². The molecule has 0 spiro atoms. The van der Waals surface area contributed by atoms with Crippen LogP contribution in [-0.4, -0.2) is 271 Å². The minimum Gasteiger partial charge on any atom is -0.459 e. The van der Waals surface area contributed by atoms with Crippen LogP contribution in [0.5, 0.6) is 0 Å². The molecule has 0 amide bonds. The third-order valence-corrected chi connectivity index (χ3v) is 32.5. The molecule has 0 aromatic rings. The topological polar surface area (TPSA) is 418 Å². The van der Waals surface area contributed by atoms with Gasteiger partial charge in [-0.05, 0) is 214 Å². The minimum absolute atomic E-state index is 0.0551. The molecule has 0 aromatic heterocycles. The van der Waals surface area contributed by atoms with Gasteiger partial charge in [-0.2, -0.15) is 0 Å². The molecule has 6 saturated heterocycles. The van der Waals surface area contributed by atoms with Gasteiger partial charge >= 0.3 is 23.9 Å². The maximum atomic E-state index is 12.6. The Morgan fingerprint density at radius 2 is 0.707 bits per heavy atom. The number of cyclic esters (lactones) is 2. The molecule has 0 unspecified atom stereocenters. The summed E-state index contributed by atoms with van der Waals surface area (Å²) in [5.74, 6) is -0.684.